The molecule has 22 heavy (non-hydrogen) atoms. The standard InChI is InChI=1S/C17H25NO3S/c1-13-4-5-15(21-13)6-7-17(19)18(14-8-10-22-12-14)11-16-3-2-9-20-16/h4-5,14,16H,2-3,6-12H2,1H3/t14-,16-/m1/s1. The molecule has 1 amide bonds. The number of hydrogen-bond donors (Lipinski definition) is 0. The van der Waals surface area contributed by atoms with Crippen molar-refractivity contribution in [2.45, 2.75) is 51.2 Å². The topological polar surface area (TPSA) is 42.7 Å². The highest BCUT2D eigenvalue weighted by Crippen LogP contribution is 2.25. The molecule has 0 bridgehead atoms. The predicted octanol–water partition coefficient (Wildman–Crippen LogP) is 3.03. The third-order valence-corrected chi connectivity index (χ3v) is 5.62. The van der Waals surface area contributed by atoms with Crippen molar-refractivity contribution in [1.82, 2.24) is 4.90 Å². The van der Waals surface area contributed by atoms with Gasteiger partial charge in [0.25, 0.3) is 0 Å². The van der Waals surface area contributed by atoms with Crippen molar-refractivity contribution in [3.63, 3.8) is 0 Å². The molecule has 122 valence electrons. The van der Waals surface area contributed by atoms with Gasteiger partial charge >= 0.3 is 0 Å². The summed E-state index contributed by atoms with van der Waals surface area (Å²) in [5.41, 5.74) is 0. The molecule has 2 aliphatic heterocycles. The van der Waals surface area contributed by atoms with Crippen LogP contribution in [0.4, 0.5) is 0 Å². The van der Waals surface area contributed by atoms with E-state index in [-0.39, 0.29) is 12.0 Å². The number of carbonyl (C=O) groups is 1. The number of nitrogens with zero attached hydrogens (tertiary/aromatic N) is 1. The molecule has 0 N–H and O–H groups in total. The van der Waals surface area contributed by atoms with Crippen LogP contribution in [0.25, 0.3) is 0 Å². The van der Waals surface area contributed by atoms with Gasteiger partial charge in [-0.15, -0.1) is 0 Å². The maximum atomic E-state index is 12.7. The lowest BCUT2D eigenvalue weighted by atomic mass is 10.1. The van der Waals surface area contributed by atoms with E-state index in [0.717, 1.165) is 55.4 Å². The Hall–Kier alpha value is -0.940. The molecule has 2 aliphatic rings. The lowest BCUT2D eigenvalue weighted by Crippen LogP contribution is -2.44. The quantitative estimate of drug-likeness (QED) is 0.807. The van der Waals surface area contributed by atoms with Gasteiger partial charge in [-0.05, 0) is 44.1 Å². The zero-order valence-electron chi connectivity index (χ0n) is 13.3. The van der Waals surface area contributed by atoms with Crippen molar-refractivity contribution in [1.29, 1.82) is 0 Å². The first-order valence-electron chi connectivity index (χ1n) is 8.26. The number of aryl methyl sites for hydroxylation is 2. The second-order valence-electron chi connectivity index (χ2n) is 6.21. The SMILES string of the molecule is Cc1ccc(CCC(=O)N(C[C@H]2CCCO2)[C@@H]2CCSC2)o1. The zero-order valence-corrected chi connectivity index (χ0v) is 14.1. The summed E-state index contributed by atoms with van der Waals surface area (Å²) in [6.07, 6.45) is 4.78. The van der Waals surface area contributed by atoms with Gasteiger partial charge in [0.2, 0.25) is 5.91 Å². The summed E-state index contributed by atoms with van der Waals surface area (Å²) in [5.74, 6) is 4.29. The maximum Gasteiger partial charge on any atom is 0.223 e. The first-order chi connectivity index (χ1) is 10.7. The third-order valence-electron chi connectivity index (χ3n) is 4.47. The summed E-state index contributed by atoms with van der Waals surface area (Å²) in [4.78, 5) is 14.8. The normalized spacial score (nSPS) is 24.8. The lowest BCUT2D eigenvalue weighted by molar-refractivity contribution is -0.134. The van der Waals surface area contributed by atoms with E-state index < -0.39 is 0 Å². The largest absolute Gasteiger partial charge is 0.466 e. The molecule has 3 heterocycles. The molecule has 0 spiro atoms. The monoisotopic (exact) mass is 323 g/mol. The number of ether oxygens (including phenoxy) is 1. The van der Waals surface area contributed by atoms with Crippen LogP contribution in [0.15, 0.2) is 16.5 Å². The molecule has 2 atom stereocenters. The van der Waals surface area contributed by atoms with Crippen LogP contribution >= 0.6 is 11.8 Å². The summed E-state index contributed by atoms with van der Waals surface area (Å²) in [6.45, 7) is 3.55. The van der Waals surface area contributed by atoms with Crippen LogP contribution in [-0.2, 0) is 16.0 Å². The molecule has 2 saturated heterocycles. The molecule has 1 aromatic rings. The first kappa shape index (κ1) is 15.9. The Balaban J connectivity index is 1.58. The molecule has 2 fully saturated rings. The van der Waals surface area contributed by atoms with Gasteiger partial charge in [0.1, 0.15) is 11.5 Å². The number of furan rings is 1. The summed E-state index contributed by atoms with van der Waals surface area (Å²) >= 11 is 1.95. The van der Waals surface area contributed by atoms with Crippen LogP contribution in [0, 0.1) is 6.92 Å². The van der Waals surface area contributed by atoms with Crippen molar-refractivity contribution in [3.05, 3.63) is 23.7 Å². The molecule has 3 rings (SSSR count). The van der Waals surface area contributed by atoms with E-state index in [2.05, 4.69) is 4.90 Å². The van der Waals surface area contributed by atoms with Crippen LogP contribution in [0.5, 0.6) is 0 Å². The lowest BCUT2D eigenvalue weighted by Gasteiger charge is -2.30. The molecule has 5 heteroatoms. The van der Waals surface area contributed by atoms with Crippen LogP contribution in [0.1, 0.15) is 37.2 Å². The number of rotatable bonds is 6. The molecule has 0 aliphatic carbocycles. The van der Waals surface area contributed by atoms with Gasteiger partial charge in [-0.3, -0.25) is 4.79 Å². The van der Waals surface area contributed by atoms with Crippen molar-refractivity contribution in [2.75, 3.05) is 24.7 Å². The van der Waals surface area contributed by atoms with Gasteiger partial charge < -0.3 is 14.1 Å². The van der Waals surface area contributed by atoms with Crippen LogP contribution < -0.4 is 0 Å². The molecule has 0 radical (unpaired) electrons. The van der Waals surface area contributed by atoms with E-state index >= 15 is 0 Å². The van der Waals surface area contributed by atoms with Crippen LogP contribution in [0.3, 0.4) is 0 Å². The van der Waals surface area contributed by atoms with Gasteiger partial charge in [-0.2, -0.15) is 11.8 Å². The zero-order chi connectivity index (χ0) is 15.4. The fourth-order valence-corrected chi connectivity index (χ4v) is 4.45. The van der Waals surface area contributed by atoms with E-state index in [1.54, 1.807) is 0 Å². The van der Waals surface area contributed by atoms with Gasteiger partial charge in [-0.1, -0.05) is 0 Å². The molecular formula is C17H25NO3S. The fourth-order valence-electron chi connectivity index (χ4n) is 3.22. The highest BCUT2D eigenvalue weighted by Gasteiger charge is 2.30. The average Bonchev–Trinajstić information content (AvgIpc) is 3.24. The smallest absolute Gasteiger partial charge is 0.223 e. The maximum absolute atomic E-state index is 12.7. The number of thioether (sulfide) groups is 1. The van der Waals surface area contributed by atoms with E-state index in [9.17, 15) is 4.79 Å². The molecule has 0 aromatic carbocycles. The van der Waals surface area contributed by atoms with E-state index in [4.69, 9.17) is 9.15 Å². The van der Waals surface area contributed by atoms with Gasteiger partial charge in [0.15, 0.2) is 0 Å². The summed E-state index contributed by atoms with van der Waals surface area (Å²) < 4.78 is 11.3. The van der Waals surface area contributed by atoms with Gasteiger partial charge in [0, 0.05) is 37.8 Å². The Morgan fingerprint density at radius 1 is 1.41 bits per heavy atom. The minimum absolute atomic E-state index is 0.236. The molecule has 0 unspecified atom stereocenters. The van der Waals surface area contributed by atoms with E-state index in [0.29, 0.717) is 18.9 Å². The Morgan fingerprint density at radius 2 is 2.32 bits per heavy atom. The first-order valence-corrected chi connectivity index (χ1v) is 9.42. The Bertz CT molecular complexity index is 490. The van der Waals surface area contributed by atoms with Gasteiger partial charge in [0.05, 0.1) is 6.10 Å². The average molecular weight is 323 g/mol. The van der Waals surface area contributed by atoms with Crippen LogP contribution in [0.2, 0.25) is 0 Å². The second-order valence-corrected chi connectivity index (χ2v) is 7.36. The Kier molecular flexibility index (Phi) is 5.47. The predicted molar refractivity (Wildman–Crippen MR) is 88.2 cm³/mol. The molecule has 0 saturated carbocycles. The summed E-state index contributed by atoms with van der Waals surface area (Å²) in [6, 6.07) is 4.32. The van der Waals surface area contributed by atoms with E-state index in [1.165, 1.54) is 0 Å². The molecule has 4 nitrogen and oxygen atoms in total. The number of amides is 1. The van der Waals surface area contributed by atoms with Crippen LogP contribution in [-0.4, -0.2) is 47.6 Å². The second kappa shape index (κ2) is 7.55. The molecular weight excluding hydrogens is 298 g/mol. The van der Waals surface area contributed by atoms with Crippen molar-refractivity contribution >= 4 is 17.7 Å². The minimum Gasteiger partial charge on any atom is -0.466 e. The highest BCUT2D eigenvalue weighted by molar-refractivity contribution is 7.99. The number of hydrogen-bond acceptors (Lipinski definition) is 4. The van der Waals surface area contributed by atoms with Gasteiger partial charge in [-0.25, -0.2) is 0 Å². The Labute approximate surface area is 136 Å². The third kappa shape index (κ3) is 4.07. The summed E-state index contributed by atoms with van der Waals surface area (Å²) in [5, 5.41) is 0. The molecule has 1 aromatic heterocycles. The van der Waals surface area contributed by atoms with E-state index in [1.807, 2.05) is 30.8 Å². The highest BCUT2D eigenvalue weighted by atomic mass is 32.2. The van der Waals surface area contributed by atoms with Crippen molar-refractivity contribution < 1.29 is 13.9 Å². The van der Waals surface area contributed by atoms with Crippen molar-refractivity contribution in [2.24, 2.45) is 0 Å². The fraction of sp³-hybridized carbons (Fsp3) is 0.706. The Morgan fingerprint density at radius 3 is 2.95 bits per heavy atom. The summed E-state index contributed by atoms with van der Waals surface area (Å²) in [7, 11) is 0. The number of carbonyl (C=O) groups excluding carboxylic acids is 1. The minimum atomic E-state index is 0.236. The van der Waals surface area contributed by atoms with Crippen molar-refractivity contribution in [3.8, 4) is 0 Å².